The van der Waals surface area contributed by atoms with Gasteiger partial charge in [-0.2, -0.15) is 0 Å². The van der Waals surface area contributed by atoms with Crippen molar-refractivity contribution in [2.45, 2.75) is 0 Å². The molecule has 7 heteroatoms. The average Bonchev–Trinajstić information content (AvgIpc) is 2.34. The Morgan fingerprint density at radius 1 is 1.41 bits per heavy atom. The number of hydrazine groups is 1. The topological polar surface area (TPSA) is 85.6 Å². The third-order valence-corrected chi connectivity index (χ3v) is 1.84. The third kappa shape index (κ3) is 5.03. The molecule has 0 heterocycles. The number of amides is 1. The number of nitrogens with two attached hydrogens (primary N) is 1. The van der Waals surface area contributed by atoms with E-state index in [0.717, 1.165) is 0 Å². The molecule has 0 saturated heterocycles. The van der Waals surface area contributed by atoms with Crippen molar-refractivity contribution in [1.82, 2.24) is 10.9 Å². The van der Waals surface area contributed by atoms with Gasteiger partial charge in [-0.15, -0.1) is 0 Å². The van der Waals surface area contributed by atoms with Crippen LogP contribution in [-0.2, 0) is 4.79 Å². The molecule has 92 valence electrons. The van der Waals surface area contributed by atoms with Gasteiger partial charge in [-0.05, 0) is 24.4 Å². The van der Waals surface area contributed by atoms with Gasteiger partial charge in [0.1, 0.15) is 11.5 Å². The lowest BCUT2D eigenvalue weighted by atomic mass is 10.3. The van der Waals surface area contributed by atoms with E-state index in [2.05, 4.69) is 23.1 Å². The van der Waals surface area contributed by atoms with E-state index in [0.29, 0.717) is 11.5 Å². The minimum Gasteiger partial charge on any atom is -0.497 e. The summed E-state index contributed by atoms with van der Waals surface area (Å²) in [6.45, 7) is -0.150. The highest BCUT2D eigenvalue weighted by atomic mass is 32.1. The summed E-state index contributed by atoms with van der Waals surface area (Å²) in [6.07, 6.45) is 0. The molecule has 17 heavy (non-hydrogen) atoms. The van der Waals surface area contributed by atoms with Crippen LogP contribution in [0.4, 0.5) is 0 Å². The summed E-state index contributed by atoms with van der Waals surface area (Å²) in [7, 11) is 1.55. The van der Waals surface area contributed by atoms with E-state index in [1.165, 1.54) is 0 Å². The second kappa shape index (κ2) is 6.54. The molecule has 1 aromatic rings. The summed E-state index contributed by atoms with van der Waals surface area (Å²) in [4.78, 5) is 11.2. The first-order chi connectivity index (χ1) is 8.11. The van der Waals surface area contributed by atoms with Crippen molar-refractivity contribution in [2.75, 3.05) is 13.7 Å². The van der Waals surface area contributed by atoms with Gasteiger partial charge in [0.25, 0.3) is 5.91 Å². The fourth-order valence-corrected chi connectivity index (χ4v) is 1.06. The molecule has 0 aliphatic carbocycles. The quantitative estimate of drug-likeness (QED) is 0.516. The highest BCUT2D eigenvalue weighted by molar-refractivity contribution is 7.80. The van der Waals surface area contributed by atoms with Crippen LogP contribution in [0, 0.1) is 0 Å². The Balaban J connectivity index is 2.39. The van der Waals surface area contributed by atoms with E-state index in [-0.39, 0.29) is 17.6 Å². The van der Waals surface area contributed by atoms with E-state index in [4.69, 9.17) is 15.2 Å². The molecule has 1 amide bonds. The highest BCUT2D eigenvalue weighted by Crippen LogP contribution is 2.18. The maximum Gasteiger partial charge on any atom is 0.276 e. The largest absolute Gasteiger partial charge is 0.497 e. The fraction of sp³-hybridized carbons (Fsp3) is 0.200. The molecule has 0 radical (unpaired) electrons. The monoisotopic (exact) mass is 255 g/mol. The number of benzene rings is 1. The molecular formula is C10H13N3O3S. The van der Waals surface area contributed by atoms with Crippen molar-refractivity contribution in [3.05, 3.63) is 24.3 Å². The Bertz CT molecular complexity index is 412. The fourth-order valence-electron chi connectivity index (χ4n) is 1.01. The number of carbonyl (C=O) groups is 1. The second-order valence-corrected chi connectivity index (χ2v) is 3.44. The van der Waals surface area contributed by atoms with Crippen molar-refractivity contribution in [2.24, 2.45) is 5.73 Å². The first-order valence-electron chi connectivity index (χ1n) is 4.73. The molecule has 0 aliphatic heterocycles. The molecule has 0 spiro atoms. The van der Waals surface area contributed by atoms with Crippen LogP contribution in [0.1, 0.15) is 0 Å². The normalized spacial score (nSPS) is 9.24. The van der Waals surface area contributed by atoms with Crippen LogP contribution < -0.4 is 26.1 Å². The first-order valence-corrected chi connectivity index (χ1v) is 5.14. The van der Waals surface area contributed by atoms with Crippen LogP contribution >= 0.6 is 12.2 Å². The molecule has 0 unspecified atom stereocenters. The van der Waals surface area contributed by atoms with Gasteiger partial charge >= 0.3 is 0 Å². The molecule has 6 nitrogen and oxygen atoms in total. The predicted molar refractivity (Wildman–Crippen MR) is 66.6 cm³/mol. The van der Waals surface area contributed by atoms with E-state index in [9.17, 15) is 4.79 Å². The molecule has 0 fully saturated rings. The summed E-state index contributed by atoms with van der Waals surface area (Å²) in [6, 6.07) is 6.94. The SMILES string of the molecule is COc1cccc(OCC(=O)NNC(N)=S)c1. The molecule has 0 aromatic heterocycles. The molecule has 1 aromatic carbocycles. The van der Waals surface area contributed by atoms with Crippen LogP contribution in [-0.4, -0.2) is 24.7 Å². The first kappa shape index (κ1) is 13.0. The van der Waals surface area contributed by atoms with Gasteiger partial charge in [0.2, 0.25) is 0 Å². The van der Waals surface area contributed by atoms with Gasteiger partial charge in [-0.1, -0.05) is 6.07 Å². The summed E-state index contributed by atoms with van der Waals surface area (Å²) in [5.74, 6) is 0.805. The number of carbonyl (C=O) groups excluding carboxylic acids is 1. The zero-order valence-electron chi connectivity index (χ0n) is 9.23. The van der Waals surface area contributed by atoms with Crippen molar-refractivity contribution in [3.8, 4) is 11.5 Å². The summed E-state index contributed by atoms with van der Waals surface area (Å²) < 4.78 is 10.2. The predicted octanol–water partition coefficient (Wildman–Crippen LogP) is -0.0616. The number of nitrogens with one attached hydrogen (secondary N) is 2. The van der Waals surface area contributed by atoms with E-state index < -0.39 is 0 Å². The third-order valence-electron chi connectivity index (χ3n) is 1.74. The minimum atomic E-state index is -0.388. The molecular weight excluding hydrogens is 242 g/mol. The Morgan fingerprint density at radius 2 is 2.12 bits per heavy atom. The van der Waals surface area contributed by atoms with Crippen LogP contribution in [0.25, 0.3) is 0 Å². The number of methoxy groups -OCH3 is 1. The van der Waals surface area contributed by atoms with Gasteiger partial charge in [-0.3, -0.25) is 15.6 Å². The lowest BCUT2D eigenvalue weighted by Crippen LogP contribution is -2.46. The summed E-state index contributed by atoms with van der Waals surface area (Å²) >= 11 is 4.52. The minimum absolute atomic E-state index is 0.0141. The van der Waals surface area contributed by atoms with Gasteiger partial charge in [-0.25, -0.2) is 0 Å². The Labute approximate surface area is 104 Å². The van der Waals surface area contributed by atoms with E-state index in [1.54, 1.807) is 31.4 Å². The summed E-state index contributed by atoms with van der Waals surface area (Å²) in [5, 5.41) is -0.0141. The highest BCUT2D eigenvalue weighted by Gasteiger charge is 2.03. The van der Waals surface area contributed by atoms with Crippen LogP contribution in [0.3, 0.4) is 0 Å². The number of hydrogen-bond acceptors (Lipinski definition) is 4. The van der Waals surface area contributed by atoms with Crippen LogP contribution in [0.15, 0.2) is 24.3 Å². The molecule has 4 N–H and O–H groups in total. The Kier molecular flexibility index (Phi) is 5.02. The molecule has 0 atom stereocenters. The van der Waals surface area contributed by atoms with Gasteiger partial charge < -0.3 is 15.2 Å². The lowest BCUT2D eigenvalue weighted by Gasteiger charge is -2.08. The number of rotatable bonds is 4. The molecule has 0 aliphatic rings. The van der Waals surface area contributed by atoms with Crippen molar-refractivity contribution in [3.63, 3.8) is 0 Å². The zero-order valence-corrected chi connectivity index (χ0v) is 10.0. The van der Waals surface area contributed by atoms with Crippen molar-refractivity contribution < 1.29 is 14.3 Å². The molecule has 0 saturated carbocycles. The Morgan fingerprint density at radius 3 is 2.76 bits per heavy atom. The number of hydrogen-bond donors (Lipinski definition) is 3. The lowest BCUT2D eigenvalue weighted by molar-refractivity contribution is -0.123. The van der Waals surface area contributed by atoms with Gasteiger partial charge in [0.05, 0.1) is 7.11 Å². The summed E-state index contributed by atoms with van der Waals surface area (Å²) in [5.41, 5.74) is 9.71. The maximum atomic E-state index is 11.2. The van der Waals surface area contributed by atoms with Crippen LogP contribution in [0.2, 0.25) is 0 Å². The Hall–Kier alpha value is -2.02. The molecule has 1 rings (SSSR count). The number of ether oxygens (including phenoxy) is 2. The van der Waals surface area contributed by atoms with Crippen molar-refractivity contribution >= 4 is 23.2 Å². The standard InChI is InChI=1S/C10H13N3O3S/c1-15-7-3-2-4-8(5-7)16-6-9(14)12-13-10(11)17/h2-5H,6H2,1H3,(H,12,14)(H3,11,13,17). The van der Waals surface area contributed by atoms with Gasteiger partial charge in [0.15, 0.2) is 11.7 Å². The second-order valence-electron chi connectivity index (χ2n) is 3.01. The van der Waals surface area contributed by atoms with E-state index in [1.807, 2.05) is 0 Å². The molecule has 0 bridgehead atoms. The van der Waals surface area contributed by atoms with Crippen LogP contribution in [0.5, 0.6) is 11.5 Å². The van der Waals surface area contributed by atoms with Gasteiger partial charge in [0, 0.05) is 6.07 Å². The zero-order chi connectivity index (χ0) is 12.7. The maximum absolute atomic E-state index is 11.2. The van der Waals surface area contributed by atoms with E-state index >= 15 is 0 Å². The number of thiocarbonyl (C=S) groups is 1. The van der Waals surface area contributed by atoms with Crippen molar-refractivity contribution in [1.29, 1.82) is 0 Å². The smallest absolute Gasteiger partial charge is 0.276 e. The average molecular weight is 255 g/mol.